The van der Waals surface area contributed by atoms with E-state index < -0.39 is 0 Å². The van der Waals surface area contributed by atoms with E-state index in [9.17, 15) is 4.79 Å². The number of carbonyl (C=O) groups is 1. The van der Waals surface area contributed by atoms with Crippen LogP contribution in [0.5, 0.6) is 0 Å². The minimum absolute atomic E-state index is 0.136. The molecule has 2 heterocycles. The van der Waals surface area contributed by atoms with E-state index in [2.05, 4.69) is 15.5 Å². The lowest BCUT2D eigenvalue weighted by atomic mass is 10.2. The molecule has 1 N–H and O–H groups in total. The van der Waals surface area contributed by atoms with Gasteiger partial charge in [0.15, 0.2) is 0 Å². The van der Waals surface area contributed by atoms with Gasteiger partial charge in [-0.05, 0) is 32.9 Å². The average Bonchev–Trinajstić information content (AvgIpc) is 2.97. The minimum atomic E-state index is -0.178. The number of aryl methyl sites for hydroxylation is 3. The fourth-order valence-corrected chi connectivity index (χ4v) is 1.80. The summed E-state index contributed by atoms with van der Waals surface area (Å²) in [4.78, 5) is 12.0. The largest absolute Gasteiger partial charge is 0.342 e. The third-order valence-corrected chi connectivity index (χ3v) is 3.12. The maximum Gasteiger partial charge on any atom is 0.272 e. The number of hydrogen-bond acceptors (Lipinski definition) is 3. The molecule has 2 aromatic rings. The van der Waals surface area contributed by atoms with Gasteiger partial charge in [0.05, 0.1) is 11.7 Å². The summed E-state index contributed by atoms with van der Waals surface area (Å²) >= 11 is 0. The molecule has 0 aromatic carbocycles. The van der Waals surface area contributed by atoms with Gasteiger partial charge in [-0.1, -0.05) is 0 Å². The molecule has 2 aromatic heterocycles. The van der Waals surface area contributed by atoms with Crippen LogP contribution in [-0.2, 0) is 13.6 Å². The summed E-state index contributed by atoms with van der Waals surface area (Å²) in [6.45, 7) is 6.67. The van der Waals surface area contributed by atoms with Gasteiger partial charge in [0.2, 0.25) is 0 Å². The smallest absolute Gasteiger partial charge is 0.272 e. The molecular formula is C13H19N5O. The topological polar surface area (TPSA) is 64.7 Å². The summed E-state index contributed by atoms with van der Waals surface area (Å²) < 4.78 is 3.52. The first-order valence-electron chi connectivity index (χ1n) is 6.36. The molecule has 1 unspecified atom stereocenters. The summed E-state index contributed by atoms with van der Waals surface area (Å²) in [7, 11) is 1.82. The summed E-state index contributed by atoms with van der Waals surface area (Å²) in [5.41, 5.74) is 2.23. The lowest BCUT2D eigenvalue weighted by Crippen LogP contribution is -2.27. The summed E-state index contributed by atoms with van der Waals surface area (Å²) in [6, 6.07) is 3.55. The number of aromatic nitrogens is 4. The second-order valence-electron chi connectivity index (χ2n) is 4.59. The molecule has 0 aliphatic carbocycles. The normalized spacial score (nSPS) is 12.4. The molecule has 0 saturated carbocycles. The van der Waals surface area contributed by atoms with Crippen LogP contribution in [0.2, 0.25) is 0 Å². The predicted molar refractivity (Wildman–Crippen MR) is 71.7 cm³/mol. The van der Waals surface area contributed by atoms with Gasteiger partial charge >= 0.3 is 0 Å². The van der Waals surface area contributed by atoms with Gasteiger partial charge in [-0.15, -0.1) is 0 Å². The summed E-state index contributed by atoms with van der Waals surface area (Å²) in [5, 5.41) is 11.4. The Morgan fingerprint density at radius 3 is 2.74 bits per heavy atom. The second-order valence-corrected chi connectivity index (χ2v) is 4.59. The molecule has 2 rings (SSSR count). The molecule has 1 amide bonds. The van der Waals surface area contributed by atoms with Gasteiger partial charge in [0.25, 0.3) is 5.91 Å². The van der Waals surface area contributed by atoms with Crippen LogP contribution >= 0.6 is 0 Å². The van der Waals surface area contributed by atoms with Crippen LogP contribution < -0.4 is 5.32 Å². The lowest BCUT2D eigenvalue weighted by molar-refractivity contribution is 0.0933. The molecule has 0 fully saturated rings. The minimum Gasteiger partial charge on any atom is -0.342 e. The molecule has 6 heteroatoms. The average molecular weight is 261 g/mol. The van der Waals surface area contributed by atoms with Gasteiger partial charge in [-0.25, -0.2) is 0 Å². The van der Waals surface area contributed by atoms with Gasteiger partial charge in [0.1, 0.15) is 5.69 Å². The molecule has 0 aliphatic heterocycles. The van der Waals surface area contributed by atoms with Gasteiger partial charge in [0, 0.05) is 25.5 Å². The van der Waals surface area contributed by atoms with Crippen LogP contribution in [0.15, 0.2) is 18.3 Å². The van der Waals surface area contributed by atoms with E-state index in [0.29, 0.717) is 5.69 Å². The lowest BCUT2D eigenvalue weighted by Gasteiger charge is -2.10. The van der Waals surface area contributed by atoms with Crippen molar-refractivity contribution in [2.45, 2.75) is 33.4 Å². The number of nitrogens with one attached hydrogen (secondary N) is 1. The molecule has 0 aliphatic rings. The van der Waals surface area contributed by atoms with Gasteiger partial charge in [-0.2, -0.15) is 10.2 Å². The van der Waals surface area contributed by atoms with Crippen LogP contribution in [-0.4, -0.2) is 25.5 Å². The Kier molecular flexibility index (Phi) is 3.69. The maximum atomic E-state index is 12.0. The zero-order valence-electron chi connectivity index (χ0n) is 11.7. The molecule has 0 bridgehead atoms. The van der Waals surface area contributed by atoms with Crippen molar-refractivity contribution in [3.63, 3.8) is 0 Å². The zero-order chi connectivity index (χ0) is 14.0. The van der Waals surface area contributed by atoms with Crippen molar-refractivity contribution in [2.24, 2.45) is 7.05 Å². The molecule has 0 radical (unpaired) electrons. The van der Waals surface area contributed by atoms with Crippen LogP contribution in [0.3, 0.4) is 0 Å². The highest BCUT2D eigenvalue weighted by Crippen LogP contribution is 2.10. The van der Waals surface area contributed by atoms with E-state index in [-0.39, 0.29) is 11.9 Å². The summed E-state index contributed by atoms with van der Waals surface area (Å²) in [6.07, 6.45) is 1.91. The predicted octanol–water partition coefficient (Wildman–Crippen LogP) is 1.44. The third-order valence-electron chi connectivity index (χ3n) is 3.12. The highest BCUT2D eigenvalue weighted by atomic mass is 16.2. The monoisotopic (exact) mass is 261 g/mol. The van der Waals surface area contributed by atoms with Crippen molar-refractivity contribution in [3.05, 3.63) is 35.4 Å². The first kappa shape index (κ1) is 13.3. The standard InChI is InChI=1S/C13H19N5O/c1-5-18-7-6-11(16-18)10(3)14-13(19)12-8-9(2)17(4)15-12/h6-8,10H,5H2,1-4H3,(H,14,19). The number of amides is 1. The number of carbonyl (C=O) groups excluding carboxylic acids is 1. The van der Waals surface area contributed by atoms with Crippen molar-refractivity contribution in [1.82, 2.24) is 24.9 Å². The van der Waals surface area contributed by atoms with Gasteiger partial charge in [-0.3, -0.25) is 14.2 Å². The maximum absolute atomic E-state index is 12.0. The Morgan fingerprint density at radius 2 is 2.21 bits per heavy atom. The van der Waals surface area contributed by atoms with E-state index in [1.54, 1.807) is 10.7 Å². The van der Waals surface area contributed by atoms with Crippen LogP contribution in [0, 0.1) is 6.92 Å². The highest BCUT2D eigenvalue weighted by Gasteiger charge is 2.16. The fraction of sp³-hybridized carbons (Fsp3) is 0.462. The first-order chi connectivity index (χ1) is 9.01. The molecule has 19 heavy (non-hydrogen) atoms. The SMILES string of the molecule is CCn1ccc(C(C)NC(=O)c2cc(C)n(C)n2)n1. The van der Waals surface area contributed by atoms with E-state index in [1.807, 2.05) is 44.8 Å². The van der Waals surface area contributed by atoms with Crippen molar-refractivity contribution in [2.75, 3.05) is 0 Å². The number of rotatable bonds is 4. The molecule has 1 atom stereocenters. The van der Waals surface area contributed by atoms with Crippen LogP contribution in [0.1, 0.15) is 41.8 Å². The Bertz CT molecular complexity index is 564. The molecule has 6 nitrogen and oxygen atoms in total. The first-order valence-corrected chi connectivity index (χ1v) is 6.36. The van der Waals surface area contributed by atoms with Crippen molar-refractivity contribution in [3.8, 4) is 0 Å². The molecule has 0 spiro atoms. The Hall–Kier alpha value is -2.11. The molecule has 102 valence electrons. The third kappa shape index (κ3) is 2.83. The van der Waals surface area contributed by atoms with E-state index >= 15 is 0 Å². The molecule has 0 saturated heterocycles. The summed E-state index contributed by atoms with van der Waals surface area (Å²) in [5.74, 6) is -0.178. The van der Waals surface area contributed by atoms with Gasteiger partial charge < -0.3 is 5.32 Å². The van der Waals surface area contributed by atoms with Crippen molar-refractivity contribution in [1.29, 1.82) is 0 Å². The Balaban J connectivity index is 2.06. The fourth-order valence-electron chi connectivity index (χ4n) is 1.80. The number of nitrogens with zero attached hydrogens (tertiary/aromatic N) is 4. The Labute approximate surface area is 112 Å². The quantitative estimate of drug-likeness (QED) is 0.905. The Morgan fingerprint density at radius 1 is 1.47 bits per heavy atom. The zero-order valence-corrected chi connectivity index (χ0v) is 11.7. The molecular weight excluding hydrogens is 242 g/mol. The second kappa shape index (κ2) is 5.26. The van der Waals surface area contributed by atoms with Crippen molar-refractivity contribution >= 4 is 5.91 Å². The highest BCUT2D eigenvalue weighted by molar-refractivity contribution is 5.92. The van der Waals surface area contributed by atoms with Crippen LogP contribution in [0.4, 0.5) is 0 Å². The van der Waals surface area contributed by atoms with Crippen molar-refractivity contribution < 1.29 is 4.79 Å². The van der Waals surface area contributed by atoms with E-state index in [4.69, 9.17) is 0 Å². The van der Waals surface area contributed by atoms with E-state index in [1.165, 1.54) is 0 Å². The van der Waals surface area contributed by atoms with Crippen LogP contribution in [0.25, 0.3) is 0 Å². The van der Waals surface area contributed by atoms with E-state index in [0.717, 1.165) is 17.9 Å². The number of hydrogen-bond donors (Lipinski definition) is 1.